The summed E-state index contributed by atoms with van der Waals surface area (Å²) in [6.45, 7) is 0. The molecule has 11 heavy (non-hydrogen) atoms. The lowest BCUT2D eigenvalue weighted by atomic mass is 10.4. The van der Waals surface area contributed by atoms with Crippen LogP contribution in [0, 0.1) is 0 Å². The Morgan fingerprint density at radius 3 is 2.82 bits per heavy atom. The first kappa shape index (κ1) is 12.6. The van der Waals surface area contributed by atoms with E-state index in [9.17, 15) is 4.79 Å². The maximum Gasteiger partial charge on any atom is 0.234 e. The van der Waals surface area contributed by atoms with Crippen molar-refractivity contribution >= 4 is 64.0 Å². The zero-order valence-electron chi connectivity index (χ0n) is 5.69. The third kappa shape index (κ3) is 5.78. The Balaban J connectivity index is 3.61. The van der Waals surface area contributed by atoms with Crippen molar-refractivity contribution in [3.8, 4) is 0 Å². The van der Waals surface area contributed by atoms with E-state index in [4.69, 9.17) is 0 Å². The van der Waals surface area contributed by atoms with Crippen molar-refractivity contribution in [1.82, 2.24) is 5.09 Å². The smallest absolute Gasteiger partial charge is 0.234 e. The van der Waals surface area contributed by atoms with Gasteiger partial charge in [0.2, 0.25) is 11.4 Å². The van der Waals surface area contributed by atoms with Gasteiger partial charge in [-0.3, -0.25) is 9.88 Å². The number of hydrogen-bond donors (Lipinski definition) is 2. The van der Waals surface area contributed by atoms with Crippen molar-refractivity contribution < 1.29 is 4.79 Å². The van der Waals surface area contributed by atoms with E-state index in [0.29, 0.717) is 5.75 Å². The Hall–Kier alpha value is 1.60. The van der Waals surface area contributed by atoms with Gasteiger partial charge in [-0.25, -0.2) is 0 Å². The van der Waals surface area contributed by atoms with E-state index in [0.717, 1.165) is 0 Å². The molecule has 1 N–H and O–H groups in total. The summed E-state index contributed by atoms with van der Waals surface area (Å²) in [4.78, 5) is 11.2. The summed E-state index contributed by atoms with van der Waals surface area (Å²) in [5.41, 5.74) is 0. The summed E-state index contributed by atoms with van der Waals surface area (Å²) < 4.78 is 0. The van der Waals surface area contributed by atoms with Crippen LogP contribution >= 0.6 is 52.6 Å². The van der Waals surface area contributed by atoms with E-state index < -0.39 is 0 Å². The molecule has 8 heteroatoms. The van der Waals surface area contributed by atoms with Gasteiger partial charge in [0.15, 0.2) is 0 Å². The van der Waals surface area contributed by atoms with Gasteiger partial charge in [0.25, 0.3) is 0 Å². The standard InChI is InChI=1S/C3H9BNOP2S3/c6-3(10-11-4-7)2(1-9)5-8/h2,5,9H,1,7-8H2/t2-/m0/s1. The van der Waals surface area contributed by atoms with Crippen molar-refractivity contribution in [3.05, 3.63) is 0 Å². The van der Waals surface area contributed by atoms with Gasteiger partial charge >= 0.3 is 0 Å². The maximum absolute atomic E-state index is 11.2. The summed E-state index contributed by atoms with van der Waals surface area (Å²) in [6, 6.07) is -0.175. The first-order valence-corrected chi connectivity index (χ1v) is 6.82. The molecule has 0 aromatic carbocycles. The quantitative estimate of drug-likeness (QED) is 0.326. The van der Waals surface area contributed by atoms with Crippen LogP contribution in [0.4, 0.5) is 0 Å². The molecule has 3 atom stereocenters. The lowest BCUT2D eigenvalue weighted by Crippen LogP contribution is -2.29. The van der Waals surface area contributed by atoms with Crippen LogP contribution in [-0.2, 0) is 4.79 Å². The zero-order chi connectivity index (χ0) is 8.69. The lowest BCUT2D eigenvalue weighted by Gasteiger charge is -2.09. The molecule has 0 rings (SSSR count). The van der Waals surface area contributed by atoms with Crippen molar-refractivity contribution in [2.24, 2.45) is 0 Å². The molecule has 0 aliphatic rings. The highest BCUT2D eigenvalue weighted by Gasteiger charge is 2.14. The molecular formula is C3H9BNOP2S3. The predicted molar refractivity (Wildman–Crippen MR) is 66.1 cm³/mol. The average Bonchev–Trinajstić information content (AvgIpc) is 2.03. The van der Waals surface area contributed by atoms with Crippen LogP contribution in [0.3, 0.4) is 0 Å². The van der Waals surface area contributed by atoms with E-state index in [-0.39, 0.29) is 11.2 Å². The van der Waals surface area contributed by atoms with Gasteiger partial charge in [0, 0.05) is 5.75 Å². The number of hydrogen-bond acceptors (Lipinski definition) is 5. The predicted octanol–water partition coefficient (Wildman–Crippen LogP) is 0.982. The fourth-order valence-electron chi connectivity index (χ4n) is 0.329. The minimum absolute atomic E-state index is 0.0960. The Morgan fingerprint density at radius 2 is 2.45 bits per heavy atom. The van der Waals surface area contributed by atoms with Gasteiger partial charge in [-0.15, -0.1) is 10.6 Å². The van der Waals surface area contributed by atoms with Crippen molar-refractivity contribution in [1.29, 1.82) is 0 Å². The Bertz CT molecular complexity index is 125. The number of thiol groups is 1. The van der Waals surface area contributed by atoms with Crippen LogP contribution in [0.1, 0.15) is 0 Å². The molecule has 0 aromatic heterocycles. The first-order chi connectivity index (χ1) is 5.26. The van der Waals surface area contributed by atoms with E-state index in [2.05, 4.69) is 36.2 Å². The molecule has 2 nitrogen and oxygen atoms in total. The van der Waals surface area contributed by atoms with E-state index in [1.807, 2.05) is 0 Å². The molecule has 0 saturated carbocycles. The van der Waals surface area contributed by atoms with Crippen LogP contribution < -0.4 is 5.09 Å². The van der Waals surface area contributed by atoms with Crippen LogP contribution in [0.2, 0.25) is 0 Å². The topological polar surface area (TPSA) is 29.1 Å². The second-order valence-electron chi connectivity index (χ2n) is 1.54. The number of carbonyl (C=O) groups is 1. The summed E-state index contributed by atoms with van der Waals surface area (Å²) in [7, 11) is 7.35. The fraction of sp³-hybridized carbons (Fsp3) is 0.667. The molecule has 0 aliphatic heterocycles. The van der Waals surface area contributed by atoms with Gasteiger partial charge in [-0.1, -0.05) is 9.39 Å². The minimum Gasteiger partial charge on any atom is -0.289 e. The minimum atomic E-state index is -0.175. The third-order valence-electron chi connectivity index (χ3n) is 0.854. The Morgan fingerprint density at radius 1 is 1.82 bits per heavy atom. The zero-order valence-corrected chi connectivity index (χ0v) is 10.5. The maximum atomic E-state index is 11.2. The highest BCUT2D eigenvalue weighted by atomic mass is 33.1. The van der Waals surface area contributed by atoms with E-state index in [1.165, 1.54) is 21.4 Å². The largest absolute Gasteiger partial charge is 0.289 e. The molecule has 2 unspecified atom stereocenters. The fourth-order valence-corrected chi connectivity index (χ4v) is 3.03. The lowest BCUT2D eigenvalue weighted by molar-refractivity contribution is -0.111. The molecular weight excluding hydrogens is 235 g/mol. The summed E-state index contributed by atoms with van der Waals surface area (Å²) in [6.07, 6.45) is 1.79. The van der Waals surface area contributed by atoms with Gasteiger partial charge in [0.1, 0.15) is 0 Å². The summed E-state index contributed by atoms with van der Waals surface area (Å²) in [5, 5.41) is 2.89. The first-order valence-electron chi connectivity index (χ1n) is 2.73. The van der Waals surface area contributed by atoms with Gasteiger partial charge in [-0.2, -0.15) is 21.7 Å². The molecule has 1 radical (unpaired) electrons. The van der Waals surface area contributed by atoms with Gasteiger partial charge in [0.05, 0.1) is 6.04 Å². The Kier molecular flexibility index (Phi) is 9.41. The molecule has 0 aliphatic carbocycles. The number of rotatable bonds is 5. The number of carbonyl (C=O) groups excluding carboxylic acids is 1. The molecule has 0 saturated heterocycles. The van der Waals surface area contributed by atoms with Crippen LogP contribution in [0.5, 0.6) is 0 Å². The number of nitrogens with one attached hydrogen (secondary N) is 1. The molecule has 0 fully saturated rings. The summed E-state index contributed by atoms with van der Waals surface area (Å²) >= 11 is 4.02. The highest BCUT2D eigenvalue weighted by Crippen LogP contribution is 2.23. The monoisotopic (exact) mass is 244 g/mol. The third-order valence-corrected chi connectivity index (χ3v) is 4.39. The highest BCUT2D eigenvalue weighted by molar-refractivity contribution is 8.92. The molecule has 0 heterocycles. The van der Waals surface area contributed by atoms with E-state index >= 15 is 0 Å². The second-order valence-corrected chi connectivity index (χ2v) is 5.16. The molecule has 0 amide bonds. The van der Waals surface area contributed by atoms with Crippen molar-refractivity contribution in [2.75, 3.05) is 5.75 Å². The van der Waals surface area contributed by atoms with Crippen molar-refractivity contribution in [2.45, 2.75) is 6.04 Å². The molecule has 0 aromatic rings. The molecule has 0 spiro atoms. The second kappa shape index (κ2) is 8.21. The molecule has 63 valence electrons. The molecule has 0 bridgehead atoms. The Labute approximate surface area is 85.5 Å². The average molecular weight is 244 g/mol. The SMILES string of the molecule is O=C(SS[B]P)[C@H](CS)NP. The van der Waals surface area contributed by atoms with E-state index in [1.54, 1.807) is 6.28 Å². The van der Waals surface area contributed by atoms with Crippen LogP contribution in [-0.4, -0.2) is 23.2 Å². The van der Waals surface area contributed by atoms with Crippen LogP contribution in [0.25, 0.3) is 0 Å². The van der Waals surface area contributed by atoms with Crippen molar-refractivity contribution in [3.63, 3.8) is 0 Å². The summed E-state index contributed by atoms with van der Waals surface area (Å²) in [5.74, 6) is 0.521. The van der Waals surface area contributed by atoms with Gasteiger partial charge < -0.3 is 0 Å². The van der Waals surface area contributed by atoms with Crippen LogP contribution in [0.15, 0.2) is 0 Å². The normalized spacial score (nSPS) is 12.6. The van der Waals surface area contributed by atoms with Gasteiger partial charge in [-0.05, 0) is 10.8 Å².